The molecule has 5 heteroatoms. The predicted molar refractivity (Wildman–Crippen MR) is 130 cm³/mol. The zero-order chi connectivity index (χ0) is 22.5. The number of nitrogens with zero attached hydrogens (tertiary/aromatic N) is 2. The van der Waals surface area contributed by atoms with Crippen molar-refractivity contribution in [2.45, 2.75) is 39.3 Å². The second-order valence-corrected chi connectivity index (χ2v) is 9.69. The highest BCUT2D eigenvalue weighted by Crippen LogP contribution is 2.37. The van der Waals surface area contributed by atoms with Gasteiger partial charge in [0.25, 0.3) is 0 Å². The lowest BCUT2D eigenvalue weighted by molar-refractivity contribution is 0.0224. The maximum absolute atomic E-state index is 12.9. The lowest BCUT2D eigenvalue weighted by Gasteiger charge is -2.33. The molecular weight excluding hydrogens is 420 g/mol. The van der Waals surface area contributed by atoms with Gasteiger partial charge in [0, 0.05) is 28.1 Å². The molecule has 1 aromatic heterocycles. The minimum Gasteiger partial charge on any atom is -0.444 e. The van der Waals surface area contributed by atoms with Crippen LogP contribution in [0.25, 0.3) is 32.9 Å². The van der Waals surface area contributed by atoms with E-state index in [0.717, 1.165) is 28.8 Å². The number of amides is 1. The summed E-state index contributed by atoms with van der Waals surface area (Å²) in [5.41, 5.74) is 4.66. The van der Waals surface area contributed by atoms with Crippen LogP contribution in [-0.2, 0) is 17.7 Å². The van der Waals surface area contributed by atoms with Crippen LogP contribution in [0.2, 0.25) is 5.02 Å². The first-order chi connectivity index (χ1) is 15.3. The summed E-state index contributed by atoms with van der Waals surface area (Å²) in [5, 5.41) is 4.25. The highest BCUT2D eigenvalue weighted by Gasteiger charge is 2.29. The van der Waals surface area contributed by atoms with Gasteiger partial charge in [-0.3, -0.25) is 0 Å². The van der Waals surface area contributed by atoms with Crippen LogP contribution in [0.4, 0.5) is 4.79 Å². The van der Waals surface area contributed by atoms with Gasteiger partial charge in [-0.05, 0) is 61.7 Å². The molecule has 0 aliphatic carbocycles. The Hall–Kier alpha value is -3.11. The van der Waals surface area contributed by atoms with Crippen LogP contribution in [0.5, 0.6) is 0 Å². The standard InChI is InChI=1S/C27H25ClN2O2/c1-27(2,3)32-26(31)30-15-14-21-22(16-30)25(18-8-11-19(28)12-9-18)29-23-13-10-17-6-4-5-7-20(17)24(21)23/h4-13H,14-16H2,1-3H3. The summed E-state index contributed by atoms with van der Waals surface area (Å²) in [6, 6.07) is 20.4. The number of benzene rings is 3. The fourth-order valence-electron chi connectivity index (χ4n) is 4.44. The molecule has 2 heterocycles. The SMILES string of the molecule is CC(C)(C)OC(=O)N1CCc2c(c(-c3ccc(Cl)cc3)nc3ccc4ccccc4c23)C1. The number of fused-ring (bicyclic) bond motifs is 5. The van der Waals surface area contributed by atoms with E-state index in [1.165, 1.54) is 21.7 Å². The smallest absolute Gasteiger partial charge is 0.410 e. The maximum atomic E-state index is 12.9. The molecule has 0 saturated carbocycles. The van der Waals surface area contributed by atoms with E-state index in [1.807, 2.05) is 45.0 Å². The molecule has 0 saturated heterocycles. The number of carbonyl (C=O) groups is 1. The Labute approximate surface area is 192 Å². The number of ether oxygens (including phenoxy) is 1. The van der Waals surface area contributed by atoms with Crippen LogP contribution in [0.15, 0.2) is 60.7 Å². The Morgan fingerprint density at radius 1 is 1.00 bits per heavy atom. The lowest BCUT2D eigenvalue weighted by atomic mass is 9.89. The van der Waals surface area contributed by atoms with Gasteiger partial charge >= 0.3 is 6.09 Å². The summed E-state index contributed by atoms with van der Waals surface area (Å²) in [6.07, 6.45) is 0.463. The number of aromatic nitrogens is 1. The predicted octanol–water partition coefficient (Wildman–Crippen LogP) is 7.00. The van der Waals surface area contributed by atoms with Crippen LogP contribution in [-0.4, -0.2) is 28.1 Å². The van der Waals surface area contributed by atoms with Gasteiger partial charge in [0.15, 0.2) is 0 Å². The average molecular weight is 445 g/mol. The van der Waals surface area contributed by atoms with Crippen molar-refractivity contribution in [1.82, 2.24) is 9.88 Å². The van der Waals surface area contributed by atoms with Crippen molar-refractivity contribution in [3.63, 3.8) is 0 Å². The highest BCUT2D eigenvalue weighted by atomic mass is 35.5. The van der Waals surface area contributed by atoms with Gasteiger partial charge in [-0.1, -0.05) is 54.1 Å². The van der Waals surface area contributed by atoms with Gasteiger partial charge in [0.1, 0.15) is 5.60 Å². The minimum absolute atomic E-state index is 0.289. The Morgan fingerprint density at radius 2 is 1.75 bits per heavy atom. The minimum atomic E-state index is -0.534. The number of carbonyl (C=O) groups excluding carboxylic acids is 1. The fourth-order valence-corrected chi connectivity index (χ4v) is 4.57. The van der Waals surface area contributed by atoms with E-state index in [-0.39, 0.29) is 6.09 Å². The maximum Gasteiger partial charge on any atom is 0.410 e. The first-order valence-corrected chi connectivity index (χ1v) is 11.2. The van der Waals surface area contributed by atoms with Crippen molar-refractivity contribution in [3.8, 4) is 11.3 Å². The van der Waals surface area contributed by atoms with Gasteiger partial charge in [0.05, 0.1) is 17.8 Å². The third kappa shape index (κ3) is 3.80. The molecule has 1 amide bonds. The zero-order valence-corrected chi connectivity index (χ0v) is 19.2. The third-order valence-corrected chi connectivity index (χ3v) is 6.09. The molecule has 0 bridgehead atoms. The Kier molecular flexibility index (Phi) is 5.06. The zero-order valence-electron chi connectivity index (χ0n) is 18.5. The topological polar surface area (TPSA) is 42.4 Å². The molecule has 0 fully saturated rings. The molecule has 5 rings (SSSR count). The molecule has 0 N–H and O–H groups in total. The number of rotatable bonds is 1. The average Bonchev–Trinajstić information content (AvgIpc) is 2.77. The van der Waals surface area contributed by atoms with Gasteiger partial charge in [-0.2, -0.15) is 0 Å². The highest BCUT2D eigenvalue weighted by molar-refractivity contribution is 6.30. The molecule has 32 heavy (non-hydrogen) atoms. The molecule has 0 radical (unpaired) electrons. The molecule has 1 aliphatic rings. The molecular formula is C27H25ClN2O2. The quantitative estimate of drug-likeness (QED) is 0.297. The largest absolute Gasteiger partial charge is 0.444 e. The molecule has 4 aromatic rings. The molecule has 1 aliphatic heterocycles. The van der Waals surface area contributed by atoms with Gasteiger partial charge in [0.2, 0.25) is 0 Å². The van der Waals surface area contributed by atoms with Gasteiger partial charge in [-0.15, -0.1) is 0 Å². The van der Waals surface area contributed by atoms with Crippen LogP contribution in [0, 0.1) is 0 Å². The second-order valence-electron chi connectivity index (χ2n) is 9.26. The summed E-state index contributed by atoms with van der Waals surface area (Å²) in [6.45, 7) is 6.76. The van der Waals surface area contributed by atoms with Gasteiger partial charge in [-0.25, -0.2) is 9.78 Å². The van der Waals surface area contributed by atoms with Crippen molar-refractivity contribution in [3.05, 3.63) is 76.8 Å². The molecule has 4 nitrogen and oxygen atoms in total. The Bertz CT molecular complexity index is 1340. The van der Waals surface area contributed by atoms with E-state index in [4.69, 9.17) is 21.3 Å². The molecule has 0 unspecified atom stereocenters. The van der Waals surface area contributed by atoms with Gasteiger partial charge < -0.3 is 9.64 Å². The van der Waals surface area contributed by atoms with E-state index < -0.39 is 5.60 Å². The first kappa shape index (κ1) is 20.8. The number of hydrogen-bond acceptors (Lipinski definition) is 3. The van der Waals surface area contributed by atoms with E-state index in [9.17, 15) is 4.79 Å². The van der Waals surface area contributed by atoms with Crippen LogP contribution in [0.3, 0.4) is 0 Å². The number of hydrogen-bond donors (Lipinski definition) is 0. The lowest BCUT2D eigenvalue weighted by Crippen LogP contribution is -2.40. The number of pyridine rings is 1. The molecule has 162 valence electrons. The van der Waals surface area contributed by atoms with Crippen molar-refractivity contribution in [2.75, 3.05) is 6.54 Å². The third-order valence-electron chi connectivity index (χ3n) is 5.84. The van der Waals surface area contributed by atoms with Crippen molar-refractivity contribution in [1.29, 1.82) is 0 Å². The monoisotopic (exact) mass is 444 g/mol. The number of halogens is 1. The van der Waals surface area contributed by atoms with E-state index in [1.54, 1.807) is 4.90 Å². The molecule has 0 spiro atoms. The fraction of sp³-hybridized carbons (Fsp3) is 0.259. The summed E-state index contributed by atoms with van der Waals surface area (Å²) in [7, 11) is 0. The van der Waals surface area contributed by atoms with E-state index >= 15 is 0 Å². The van der Waals surface area contributed by atoms with E-state index in [0.29, 0.717) is 18.1 Å². The Morgan fingerprint density at radius 3 is 2.50 bits per heavy atom. The Balaban J connectivity index is 1.72. The van der Waals surface area contributed by atoms with Crippen LogP contribution >= 0.6 is 11.6 Å². The molecule has 3 aromatic carbocycles. The van der Waals surface area contributed by atoms with E-state index in [2.05, 4.69) is 36.4 Å². The molecule has 0 atom stereocenters. The summed E-state index contributed by atoms with van der Waals surface area (Å²) in [4.78, 5) is 19.7. The summed E-state index contributed by atoms with van der Waals surface area (Å²) in [5.74, 6) is 0. The normalized spacial score (nSPS) is 13.9. The second kappa shape index (κ2) is 7.79. The van der Waals surface area contributed by atoms with Crippen molar-refractivity contribution >= 4 is 39.4 Å². The summed E-state index contributed by atoms with van der Waals surface area (Å²) < 4.78 is 5.66. The summed E-state index contributed by atoms with van der Waals surface area (Å²) >= 11 is 6.14. The van der Waals surface area contributed by atoms with Crippen molar-refractivity contribution < 1.29 is 9.53 Å². The van der Waals surface area contributed by atoms with Crippen molar-refractivity contribution in [2.24, 2.45) is 0 Å². The van der Waals surface area contributed by atoms with Crippen LogP contribution < -0.4 is 0 Å². The van der Waals surface area contributed by atoms with Crippen LogP contribution in [0.1, 0.15) is 31.9 Å². The first-order valence-electron chi connectivity index (χ1n) is 10.9.